The molecule has 100 valence electrons. The lowest BCUT2D eigenvalue weighted by atomic mass is 10.0. The van der Waals surface area contributed by atoms with Gasteiger partial charge in [-0.1, -0.05) is 0 Å². The minimum absolute atomic E-state index is 0.211. The van der Waals surface area contributed by atoms with E-state index < -0.39 is 11.3 Å². The molecule has 0 radical (unpaired) electrons. The Balaban J connectivity index is 0.000000331. The molecule has 6 heteroatoms. The molecule has 0 saturated heterocycles. The van der Waals surface area contributed by atoms with E-state index in [-0.39, 0.29) is 41.8 Å². The van der Waals surface area contributed by atoms with Crippen LogP contribution in [0.5, 0.6) is 0 Å². The van der Waals surface area contributed by atoms with Crippen molar-refractivity contribution in [2.45, 2.75) is 39.0 Å². The average molecular weight is 275 g/mol. The summed E-state index contributed by atoms with van der Waals surface area (Å²) in [6.45, 7) is 3.86. The van der Waals surface area contributed by atoms with Gasteiger partial charge in [-0.05, 0) is 20.8 Å². The molecule has 0 N–H and O–H groups in total. The molecule has 0 aromatic heterocycles. The van der Waals surface area contributed by atoms with Crippen LogP contribution in [0.15, 0.2) is 0 Å². The van der Waals surface area contributed by atoms with Crippen LogP contribution in [0, 0.1) is 5.92 Å². The fourth-order valence-electron chi connectivity index (χ4n) is 1.45. The molecule has 1 saturated carbocycles. The fraction of sp³-hybridized carbons (Fsp3) is 0.583. The minimum atomic E-state index is -0.935. The fourth-order valence-corrected chi connectivity index (χ4v) is 1.45. The highest BCUT2D eigenvalue weighted by molar-refractivity contribution is 6.41. The molecule has 0 amide bonds. The van der Waals surface area contributed by atoms with Gasteiger partial charge in [-0.2, -0.15) is 0 Å². The Hall–Kier alpha value is -1.36. The van der Waals surface area contributed by atoms with Gasteiger partial charge in [0.05, 0.1) is 0 Å². The van der Waals surface area contributed by atoms with E-state index in [0.717, 1.165) is 0 Å². The third kappa shape index (κ3) is 4.87. The van der Waals surface area contributed by atoms with Crippen molar-refractivity contribution in [1.82, 2.24) is 0 Å². The molecule has 0 bridgehead atoms. The third-order valence-corrected chi connectivity index (χ3v) is 3.00. The first-order chi connectivity index (χ1) is 8.18. The van der Waals surface area contributed by atoms with Gasteiger partial charge in [0, 0.05) is 12.8 Å². The molecular weight excluding hydrogens is 260 g/mol. The summed E-state index contributed by atoms with van der Waals surface area (Å²) in [5.74, 6) is -2.24. The molecule has 18 heavy (non-hydrogen) atoms. The lowest BCUT2D eigenvalue weighted by Crippen LogP contribution is -2.22. The lowest BCUT2D eigenvalue weighted by Gasteiger charge is -1.97. The standard InChI is InChI=1S/C7H8O3.C5H7ClO2/c1-4(8)7-5(9)2-3-6(7)10;1-3(7)5(6)4(2)8/h7H,2-3H2,1H3;5H,1-2H3. The number of hydrogen-bond acceptors (Lipinski definition) is 5. The Morgan fingerprint density at radius 1 is 1.00 bits per heavy atom. The maximum atomic E-state index is 10.8. The molecule has 0 aromatic carbocycles. The molecular formula is C12H15ClO5. The summed E-state index contributed by atoms with van der Waals surface area (Å²) in [5.41, 5.74) is 0. The van der Waals surface area contributed by atoms with Crippen molar-refractivity contribution in [3.63, 3.8) is 0 Å². The second kappa shape index (κ2) is 7.16. The van der Waals surface area contributed by atoms with E-state index in [1.165, 1.54) is 20.8 Å². The van der Waals surface area contributed by atoms with Gasteiger partial charge >= 0.3 is 0 Å². The predicted octanol–water partition coefficient (Wildman–Crippen LogP) is 0.895. The first-order valence-electron chi connectivity index (χ1n) is 5.39. The summed E-state index contributed by atoms with van der Waals surface area (Å²) in [4.78, 5) is 52.7. The Morgan fingerprint density at radius 2 is 1.33 bits per heavy atom. The molecule has 1 fully saturated rings. The first-order valence-corrected chi connectivity index (χ1v) is 5.83. The molecule has 0 aromatic rings. The van der Waals surface area contributed by atoms with Crippen molar-refractivity contribution in [3.05, 3.63) is 0 Å². The van der Waals surface area contributed by atoms with Crippen molar-refractivity contribution in [2.24, 2.45) is 5.92 Å². The molecule has 1 rings (SSSR count). The van der Waals surface area contributed by atoms with Crippen molar-refractivity contribution < 1.29 is 24.0 Å². The van der Waals surface area contributed by atoms with Crippen LogP contribution in [0.25, 0.3) is 0 Å². The van der Waals surface area contributed by atoms with Crippen LogP contribution in [0.4, 0.5) is 0 Å². The van der Waals surface area contributed by atoms with Gasteiger partial charge in [-0.25, -0.2) is 0 Å². The topological polar surface area (TPSA) is 85.3 Å². The number of ketones is 5. The van der Waals surface area contributed by atoms with Gasteiger partial charge in [-0.3, -0.25) is 24.0 Å². The number of rotatable bonds is 3. The number of Topliss-reactive ketones (excluding diaryl/α,β-unsaturated/α-hetero) is 5. The van der Waals surface area contributed by atoms with Gasteiger partial charge in [0.15, 0.2) is 23.1 Å². The monoisotopic (exact) mass is 274 g/mol. The zero-order chi connectivity index (χ0) is 14.5. The summed E-state index contributed by atoms with van der Waals surface area (Å²) in [6, 6.07) is 0. The smallest absolute Gasteiger partial charge is 0.155 e. The predicted molar refractivity (Wildman–Crippen MR) is 64.4 cm³/mol. The largest absolute Gasteiger partial charge is 0.299 e. The van der Waals surface area contributed by atoms with Gasteiger partial charge in [0.25, 0.3) is 0 Å². The molecule has 0 spiro atoms. The van der Waals surface area contributed by atoms with Crippen LogP contribution < -0.4 is 0 Å². The second-order valence-electron chi connectivity index (χ2n) is 4.06. The van der Waals surface area contributed by atoms with Crippen molar-refractivity contribution >= 4 is 40.5 Å². The van der Waals surface area contributed by atoms with E-state index in [2.05, 4.69) is 0 Å². The van der Waals surface area contributed by atoms with Crippen LogP contribution in [-0.2, 0) is 24.0 Å². The molecule has 0 unspecified atom stereocenters. The highest BCUT2D eigenvalue weighted by Gasteiger charge is 2.35. The van der Waals surface area contributed by atoms with Gasteiger partial charge < -0.3 is 0 Å². The van der Waals surface area contributed by atoms with Crippen LogP contribution >= 0.6 is 11.6 Å². The first kappa shape index (κ1) is 16.6. The number of carbonyl (C=O) groups is 5. The van der Waals surface area contributed by atoms with Crippen molar-refractivity contribution in [1.29, 1.82) is 0 Å². The zero-order valence-corrected chi connectivity index (χ0v) is 11.2. The Bertz CT molecular complexity index is 369. The van der Waals surface area contributed by atoms with Gasteiger partial charge in [-0.15, -0.1) is 11.6 Å². The van der Waals surface area contributed by atoms with Crippen LogP contribution in [-0.4, -0.2) is 34.3 Å². The van der Waals surface area contributed by atoms with Gasteiger partial charge in [0.1, 0.15) is 17.1 Å². The van der Waals surface area contributed by atoms with Crippen LogP contribution in [0.2, 0.25) is 0 Å². The van der Waals surface area contributed by atoms with E-state index in [1.54, 1.807) is 0 Å². The molecule has 0 aliphatic heterocycles. The van der Waals surface area contributed by atoms with Crippen LogP contribution in [0.1, 0.15) is 33.6 Å². The SMILES string of the molecule is CC(=O)C(Cl)C(C)=O.CC(=O)C1C(=O)CCC1=O. The Kier molecular flexibility index (Phi) is 6.62. The summed E-state index contributed by atoms with van der Waals surface area (Å²) in [6.07, 6.45) is 0.506. The zero-order valence-electron chi connectivity index (χ0n) is 10.5. The normalized spacial score (nSPS) is 15.4. The summed E-state index contributed by atoms with van der Waals surface area (Å²) < 4.78 is 0. The van der Waals surface area contributed by atoms with Gasteiger partial charge in [0.2, 0.25) is 0 Å². The van der Waals surface area contributed by atoms with E-state index in [9.17, 15) is 24.0 Å². The van der Waals surface area contributed by atoms with E-state index in [1.807, 2.05) is 0 Å². The lowest BCUT2D eigenvalue weighted by molar-refractivity contribution is -0.135. The molecule has 1 aliphatic rings. The Labute approximate surface area is 110 Å². The molecule has 5 nitrogen and oxygen atoms in total. The van der Waals surface area contributed by atoms with E-state index >= 15 is 0 Å². The molecule has 1 aliphatic carbocycles. The molecule has 0 atom stereocenters. The number of carbonyl (C=O) groups excluding carboxylic acids is 5. The van der Waals surface area contributed by atoms with Crippen molar-refractivity contribution in [3.8, 4) is 0 Å². The number of halogens is 1. The maximum absolute atomic E-state index is 10.8. The summed E-state index contributed by atoms with van der Waals surface area (Å²) in [7, 11) is 0. The number of hydrogen-bond donors (Lipinski definition) is 0. The van der Waals surface area contributed by atoms with E-state index in [4.69, 9.17) is 11.6 Å². The quantitative estimate of drug-likeness (QED) is 0.564. The Morgan fingerprint density at radius 3 is 1.44 bits per heavy atom. The average Bonchev–Trinajstić information content (AvgIpc) is 2.57. The summed E-state index contributed by atoms with van der Waals surface area (Å²) >= 11 is 5.25. The van der Waals surface area contributed by atoms with Crippen LogP contribution in [0.3, 0.4) is 0 Å². The minimum Gasteiger partial charge on any atom is -0.299 e. The third-order valence-electron chi connectivity index (χ3n) is 2.38. The van der Waals surface area contributed by atoms with E-state index in [0.29, 0.717) is 0 Å². The number of alkyl halides is 1. The molecule has 0 heterocycles. The summed E-state index contributed by atoms with van der Waals surface area (Å²) in [5, 5.41) is -0.935. The maximum Gasteiger partial charge on any atom is 0.155 e. The highest BCUT2D eigenvalue weighted by Crippen LogP contribution is 2.17. The second-order valence-corrected chi connectivity index (χ2v) is 4.50. The van der Waals surface area contributed by atoms with Crippen molar-refractivity contribution in [2.75, 3.05) is 0 Å². The highest BCUT2D eigenvalue weighted by atomic mass is 35.5.